The summed E-state index contributed by atoms with van der Waals surface area (Å²) in [6.07, 6.45) is 1.52. The third-order valence-electron chi connectivity index (χ3n) is 2.25. The van der Waals surface area contributed by atoms with E-state index in [1.54, 1.807) is 4.68 Å². The molecule has 0 N–H and O–H groups in total. The van der Waals surface area contributed by atoms with E-state index in [9.17, 15) is 0 Å². The molecule has 0 spiro atoms. The third kappa shape index (κ3) is 2.41. The van der Waals surface area contributed by atoms with Crippen molar-refractivity contribution < 1.29 is 4.74 Å². The van der Waals surface area contributed by atoms with Gasteiger partial charge in [0.15, 0.2) is 5.82 Å². The Morgan fingerprint density at radius 2 is 2.25 bits per heavy atom. The average Bonchev–Trinajstić information content (AvgIpc) is 2.63. The lowest BCUT2D eigenvalue weighted by atomic mass is 10.2. The average molecular weight is 282 g/mol. The lowest BCUT2D eigenvalue weighted by Gasteiger charge is -2.07. The second-order valence-corrected chi connectivity index (χ2v) is 4.38. The van der Waals surface area contributed by atoms with Gasteiger partial charge in [-0.25, -0.2) is 4.98 Å². The minimum absolute atomic E-state index is 0.415. The van der Waals surface area contributed by atoms with Crippen LogP contribution in [0.3, 0.4) is 0 Å². The van der Waals surface area contributed by atoms with Crippen LogP contribution in [0.15, 0.2) is 29.0 Å². The summed E-state index contributed by atoms with van der Waals surface area (Å²) in [5, 5.41) is 3.98. The number of aryl methyl sites for hydroxylation is 2. The summed E-state index contributed by atoms with van der Waals surface area (Å²) < 4.78 is 8.30. The van der Waals surface area contributed by atoms with Gasteiger partial charge in [-0.1, -0.05) is 6.07 Å². The molecule has 1 aromatic heterocycles. The molecule has 0 saturated carbocycles. The van der Waals surface area contributed by atoms with Gasteiger partial charge in [-0.3, -0.25) is 4.68 Å². The Balaban J connectivity index is 2.08. The summed E-state index contributed by atoms with van der Waals surface area (Å²) in [7, 11) is 1.84. The summed E-state index contributed by atoms with van der Waals surface area (Å²) in [5.74, 6) is 1.61. The lowest BCUT2D eigenvalue weighted by molar-refractivity contribution is 0.288. The van der Waals surface area contributed by atoms with Gasteiger partial charge in [0, 0.05) is 7.05 Å². The smallest absolute Gasteiger partial charge is 0.164 e. The first-order valence-corrected chi connectivity index (χ1v) is 5.68. The summed E-state index contributed by atoms with van der Waals surface area (Å²) in [6.45, 7) is 2.45. The van der Waals surface area contributed by atoms with Gasteiger partial charge in [-0.2, -0.15) is 5.10 Å². The lowest BCUT2D eigenvalue weighted by Crippen LogP contribution is -2.04. The minimum Gasteiger partial charge on any atom is -0.484 e. The Kier molecular flexibility index (Phi) is 3.24. The molecule has 0 radical (unpaired) electrons. The van der Waals surface area contributed by atoms with Gasteiger partial charge in [0.2, 0.25) is 0 Å². The van der Waals surface area contributed by atoms with Crippen molar-refractivity contribution in [2.45, 2.75) is 13.5 Å². The topological polar surface area (TPSA) is 39.9 Å². The van der Waals surface area contributed by atoms with Crippen molar-refractivity contribution in [1.29, 1.82) is 0 Å². The maximum Gasteiger partial charge on any atom is 0.164 e. The summed E-state index contributed by atoms with van der Waals surface area (Å²) in [5.41, 5.74) is 1.19. The number of aromatic nitrogens is 3. The molecule has 0 atom stereocenters. The fourth-order valence-corrected chi connectivity index (χ4v) is 1.92. The van der Waals surface area contributed by atoms with Gasteiger partial charge in [0.1, 0.15) is 18.7 Å². The normalized spacial score (nSPS) is 10.4. The predicted molar refractivity (Wildman–Crippen MR) is 64.2 cm³/mol. The van der Waals surface area contributed by atoms with Gasteiger partial charge < -0.3 is 4.74 Å². The van der Waals surface area contributed by atoms with Crippen molar-refractivity contribution >= 4 is 15.9 Å². The van der Waals surface area contributed by atoms with E-state index in [0.717, 1.165) is 16.0 Å². The molecule has 84 valence electrons. The van der Waals surface area contributed by atoms with Crippen LogP contribution in [0.5, 0.6) is 5.75 Å². The Hall–Kier alpha value is -1.36. The molecule has 4 nitrogen and oxygen atoms in total. The number of nitrogens with zero attached hydrogens (tertiary/aromatic N) is 3. The molecule has 0 amide bonds. The van der Waals surface area contributed by atoms with E-state index in [1.807, 2.05) is 32.2 Å². The summed E-state index contributed by atoms with van der Waals surface area (Å²) in [6, 6.07) is 5.97. The van der Waals surface area contributed by atoms with Crippen molar-refractivity contribution in [3.8, 4) is 5.75 Å². The van der Waals surface area contributed by atoms with Gasteiger partial charge in [-0.05, 0) is 40.5 Å². The van der Waals surface area contributed by atoms with Crippen molar-refractivity contribution in [3.05, 3.63) is 40.4 Å². The molecular weight excluding hydrogens is 270 g/mol. The maximum atomic E-state index is 5.65. The molecule has 0 unspecified atom stereocenters. The molecule has 0 bridgehead atoms. The van der Waals surface area contributed by atoms with Crippen LogP contribution in [0, 0.1) is 6.92 Å². The third-order valence-corrected chi connectivity index (χ3v) is 2.87. The zero-order valence-electron chi connectivity index (χ0n) is 9.14. The summed E-state index contributed by atoms with van der Waals surface area (Å²) in [4.78, 5) is 4.09. The highest BCUT2D eigenvalue weighted by Gasteiger charge is 2.04. The Bertz CT molecular complexity index is 496. The van der Waals surface area contributed by atoms with Crippen LogP contribution in [0.2, 0.25) is 0 Å². The second-order valence-electron chi connectivity index (χ2n) is 3.52. The number of halogens is 1. The zero-order valence-corrected chi connectivity index (χ0v) is 10.7. The Morgan fingerprint density at radius 3 is 2.88 bits per heavy atom. The van der Waals surface area contributed by atoms with E-state index in [-0.39, 0.29) is 0 Å². The minimum atomic E-state index is 0.415. The molecule has 0 aliphatic rings. The molecule has 1 aromatic carbocycles. The number of rotatable bonds is 3. The second kappa shape index (κ2) is 4.65. The SMILES string of the molecule is Cc1ccc(OCc2ncnn2C)c(Br)c1. The number of hydrogen-bond donors (Lipinski definition) is 0. The van der Waals surface area contributed by atoms with Crippen LogP contribution in [0.1, 0.15) is 11.4 Å². The fourth-order valence-electron chi connectivity index (χ4n) is 1.32. The highest BCUT2D eigenvalue weighted by Crippen LogP contribution is 2.26. The molecule has 0 aliphatic heterocycles. The first-order chi connectivity index (χ1) is 7.66. The number of ether oxygens (including phenoxy) is 1. The highest BCUT2D eigenvalue weighted by atomic mass is 79.9. The van der Waals surface area contributed by atoms with Crippen LogP contribution in [-0.4, -0.2) is 14.8 Å². The van der Waals surface area contributed by atoms with Crippen LogP contribution in [0.25, 0.3) is 0 Å². The maximum absolute atomic E-state index is 5.65. The number of benzene rings is 1. The van der Waals surface area contributed by atoms with E-state index in [2.05, 4.69) is 26.0 Å². The molecule has 16 heavy (non-hydrogen) atoms. The Morgan fingerprint density at radius 1 is 1.44 bits per heavy atom. The molecular formula is C11H12BrN3O. The van der Waals surface area contributed by atoms with Crippen molar-refractivity contribution in [3.63, 3.8) is 0 Å². The number of hydrogen-bond acceptors (Lipinski definition) is 3. The van der Waals surface area contributed by atoms with Crippen molar-refractivity contribution in [2.24, 2.45) is 7.05 Å². The monoisotopic (exact) mass is 281 g/mol. The first kappa shape index (κ1) is 11.1. The van der Waals surface area contributed by atoms with E-state index in [1.165, 1.54) is 11.9 Å². The molecule has 1 heterocycles. The van der Waals surface area contributed by atoms with Gasteiger partial charge in [-0.15, -0.1) is 0 Å². The largest absolute Gasteiger partial charge is 0.484 e. The molecule has 5 heteroatoms. The molecule has 2 rings (SSSR count). The van der Waals surface area contributed by atoms with Crippen LogP contribution < -0.4 is 4.74 Å². The zero-order chi connectivity index (χ0) is 11.5. The van der Waals surface area contributed by atoms with Crippen LogP contribution in [-0.2, 0) is 13.7 Å². The van der Waals surface area contributed by atoms with Gasteiger partial charge >= 0.3 is 0 Å². The van der Waals surface area contributed by atoms with E-state index in [0.29, 0.717) is 6.61 Å². The first-order valence-electron chi connectivity index (χ1n) is 4.88. The summed E-state index contributed by atoms with van der Waals surface area (Å²) >= 11 is 3.46. The van der Waals surface area contributed by atoms with Gasteiger partial charge in [0.05, 0.1) is 4.47 Å². The van der Waals surface area contributed by atoms with E-state index < -0.39 is 0 Å². The molecule has 2 aromatic rings. The predicted octanol–water partition coefficient (Wildman–Crippen LogP) is 2.47. The highest BCUT2D eigenvalue weighted by molar-refractivity contribution is 9.10. The fraction of sp³-hybridized carbons (Fsp3) is 0.273. The quantitative estimate of drug-likeness (QED) is 0.868. The molecule has 0 fully saturated rings. The molecule has 0 saturated heterocycles. The van der Waals surface area contributed by atoms with Crippen LogP contribution >= 0.6 is 15.9 Å². The van der Waals surface area contributed by atoms with Crippen LogP contribution in [0.4, 0.5) is 0 Å². The van der Waals surface area contributed by atoms with E-state index in [4.69, 9.17) is 4.74 Å². The van der Waals surface area contributed by atoms with E-state index >= 15 is 0 Å². The standard InChI is InChI=1S/C11H12BrN3O/c1-8-3-4-10(9(12)5-8)16-6-11-13-7-14-15(11)2/h3-5,7H,6H2,1-2H3. The Labute approximate surface area is 102 Å². The molecule has 0 aliphatic carbocycles. The van der Waals surface area contributed by atoms with Crippen molar-refractivity contribution in [2.75, 3.05) is 0 Å². The van der Waals surface area contributed by atoms with Crippen molar-refractivity contribution in [1.82, 2.24) is 14.8 Å². The van der Waals surface area contributed by atoms with Gasteiger partial charge in [0.25, 0.3) is 0 Å².